The van der Waals surface area contributed by atoms with Gasteiger partial charge in [-0.05, 0) is 0 Å². The van der Waals surface area contributed by atoms with Crippen LogP contribution < -0.4 is 58.8 Å². The summed E-state index contributed by atoms with van der Waals surface area (Å²) in [6.45, 7) is -0.606. The van der Waals surface area contributed by atoms with Crippen LogP contribution in [0.2, 0.25) is 0 Å². The third kappa shape index (κ3) is 4.97. The molecule has 3 atom stereocenters. The van der Waals surface area contributed by atoms with E-state index in [1.807, 2.05) is 0 Å². The van der Waals surface area contributed by atoms with Crippen molar-refractivity contribution in [2.45, 2.75) is 24.9 Å². The molecule has 1 aliphatic heterocycles. The molecule has 1 fully saturated rings. The molecule has 1 aliphatic rings. The number of aliphatic hydroxyl groups is 1. The van der Waals surface area contributed by atoms with Crippen molar-refractivity contribution in [1.82, 2.24) is 19.5 Å². The number of H-pyrrole nitrogens is 1. The second-order valence-corrected chi connectivity index (χ2v) is 6.10. The van der Waals surface area contributed by atoms with E-state index in [0.29, 0.717) is 0 Å². The molecule has 25 heavy (non-hydrogen) atoms. The molecule has 1 saturated heterocycles. The molecule has 0 unspecified atom stereocenters. The zero-order chi connectivity index (χ0) is 16.8. The van der Waals surface area contributed by atoms with E-state index >= 15 is 0 Å². The van der Waals surface area contributed by atoms with Crippen LogP contribution in [0.4, 0.5) is 5.95 Å². The topological polar surface area (TPSA) is 191 Å². The summed E-state index contributed by atoms with van der Waals surface area (Å²) in [4.78, 5) is 42.8. The number of anilines is 1. The number of nitrogens with zero attached hydrogens (tertiary/aromatic N) is 3. The van der Waals surface area contributed by atoms with Crippen molar-refractivity contribution in [3.8, 4) is 0 Å². The largest absolute Gasteiger partial charge is 1.00 e. The fourth-order valence-electron chi connectivity index (χ4n) is 2.35. The number of rotatable bonds is 4. The smallest absolute Gasteiger partial charge is 0.790 e. The molecule has 0 spiro atoms. The molecule has 4 N–H and O–H groups in total. The summed E-state index contributed by atoms with van der Waals surface area (Å²) < 4.78 is 21.5. The zero-order valence-electron chi connectivity index (χ0n) is 13.5. The minimum atomic E-state index is -5.16. The van der Waals surface area contributed by atoms with E-state index < -0.39 is 38.4 Å². The number of nitrogens with two attached hydrogens (primary N) is 1. The molecule has 0 radical (unpaired) electrons. The summed E-state index contributed by atoms with van der Waals surface area (Å²) in [6, 6.07) is 0. The minimum Gasteiger partial charge on any atom is -0.790 e. The molecule has 15 heteroatoms. The molecule has 3 rings (SSSR count). The Labute approximate surface area is 164 Å². The number of ether oxygens (including phenoxy) is 1. The van der Waals surface area contributed by atoms with Gasteiger partial charge in [-0.15, -0.1) is 0 Å². The molecule has 2 aromatic heterocycles. The molecule has 2 aromatic rings. The van der Waals surface area contributed by atoms with E-state index in [0.717, 1.165) is 0 Å². The van der Waals surface area contributed by atoms with Crippen LogP contribution in [0.5, 0.6) is 0 Å². The van der Waals surface area contributed by atoms with E-state index in [1.165, 1.54) is 10.9 Å². The van der Waals surface area contributed by atoms with E-state index in [4.69, 9.17) is 10.5 Å². The Kier molecular flexibility index (Phi) is 7.51. The molecule has 0 aromatic carbocycles. The van der Waals surface area contributed by atoms with Crippen molar-refractivity contribution in [2.24, 2.45) is 0 Å². The Morgan fingerprint density at radius 2 is 2.20 bits per heavy atom. The maximum absolute atomic E-state index is 11.7. The van der Waals surface area contributed by atoms with Gasteiger partial charge in [0.15, 0.2) is 11.2 Å². The quantitative estimate of drug-likeness (QED) is 0.267. The summed E-state index contributed by atoms with van der Waals surface area (Å²) in [7, 11) is -5.16. The molecular weight excluding hydrogens is 352 g/mol. The molecular formula is C10H12Li2N5O7P. The number of hydrogen-bond acceptors (Lipinski definition) is 10. The number of aromatic nitrogens is 4. The van der Waals surface area contributed by atoms with Crippen LogP contribution >= 0.6 is 7.82 Å². The van der Waals surface area contributed by atoms with Crippen LogP contribution in [-0.4, -0.2) is 43.4 Å². The van der Waals surface area contributed by atoms with Gasteiger partial charge in [0.2, 0.25) is 5.95 Å². The standard InChI is InChI=1S/C10H14N5O7P.2Li/c11-10-13-8-7(9(17)14-10)12-3-15(8)6-1-4(16)5(22-6)2-21-23(18,19)20;;/h3-6,16H,1-2H2,(H2,18,19,20)(H3,11,13,14,17);;/q;2*+1/p-2/t4-,5-,6-;;/m1../s1/i11+1,12+1,13+1,14+1,15+1;;. The molecule has 126 valence electrons. The molecule has 12 nitrogen and oxygen atoms in total. The van der Waals surface area contributed by atoms with Gasteiger partial charge < -0.3 is 34.5 Å². The number of aromatic amines is 1. The minimum absolute atomic E-state index is 0. The average Bonchev–Trinajstić information content (AvgIpc) is 2.99. The van der Waals surface area contributed by atoms with Crippen LogP contribution in [0.25, 0.3) is 11.2 Å². The third-order valence-electron chi connectivity index (χ3n) is 3.36. The summed E-state index contributed by atoms with van der Waals surface area (Å²) >= 11 is 0. The van der Waals surface area contributed by atoms with Gasteiger partial charge in [-0.2, -0.15) is 4.98 Å². The average molecular weight is 364 g/mol. The van der Waals surface area contributed by atoms with E-state index in [9.17, 15) is 24.3 Å². The summed E-state index contributed by atoms with van der Waals surface area (Å²) in [5.74, 6) is -0.110. The Morgan fingerprint density at radius 1 is 1.52 bits per heavy atom. The number of hydrogen-bond donors (Lipinski definition) is 3. The second-order valence-electron chi connectivity index (χ2n) is 4.95. The van der Waals surface area contributed by atoms with Gasteiger partial charge in [-0.1, -0.05) is 0 Å². The van der Waals surface area contributed by atoms with Crippen LogP contribution in [0.1, 0.15) is 12.6 Å². The van der Waals surface area contributed by atoms with Gasteiger partial charge in [0, 0.05) is 6.42 Å². The first kappa shape index (κ1) is 22.4. The maximum atomic E-state index is 11.7. The van der Waals surface area contributed by atoms with Gasteiger partial charge >= 0.3 is 37.7 Å². The van der Waals surface area contributed by atoms with Gasteiger partial charge in [0.1, 0.15) is 12.3 Å². The normalized spacial score (nSPS) is 23.2. The molecule has 3 heterocycles. The SMILES string of the molecule is [15NH2]c1[15n]c2c([15n]c[15n]2[C@H]2C[C@@H](O)[C@@H](COP(=O)([O-])[O-])O2)c(=O)[15nH]1.[Li+].[Li+]. The van der Waals surface area contributed by atoms with Crippen molar-refractivity contribution >= 4 is 24.9 Å². The van der Waals surface area contributed by atoms with Crippen LogP contribution in [-0.2, 0) is 13.8 Å². The van der Waals surface area contributed by atoms with Gasteiger partial charge in [0.05, 0.1) is 26.9 Å². The summed E-state index contributed by atoms with van der Waals surface area (Å²) in [5, 5.41) is 9.89. The van der Waals surface area contributed by atoms with Crippen molar-refractivity contribution in [3.63, 3.8) is 0 Å². The van der Waals surface area contributed by atoms with Crippen LogP contribution in [0.15, 0.2) is 11.1 Å². The fourth-order valence-corrected chi connectivity index (χ4v) is 2.68. The van der Waals surface area contributed by atoms with Crippen molar-refractivity contribution < 1.29 is 66.4 Å². The second kappa shape index (κ2) is 8.38. The molecule has 0 amide bonds. The summed E-state index contributed by atoms with van der Waals surface area (Å²) in [5.41, 5.74) is 5.16. The van der Waals surface area contributed by atoms with Crippen LogP contribution in [0, 0.1) is 0 Å². The first-order valence-corrected chi connectivity index (χ1v) is 7.93. The number of aliphatic hydroxyl groups excluding tert-OH is 1. The number of phosphoric ester groups is 1. The van der Waals surface area contributed by atoms with Gasteiger partial charge in [0.25, 0.3) is 5.56 Å². The zero-order valence-corrected chi connectivity index (χ0v) is 14.4. The number of fused-ring (bicyclic) bond motifs is 1. The molecule has 0 saturated carbocycles. The van der Waals surface area contributed by atoms with E-state index in [-0.39, 0.29) is 61.3 Å². The van der Waals surface area contributed by atoms with Crippen molar-refractivity contribution in [2.75, 3.05) is 12.3 Å². The first-order chi connectivity index (χ1) is 10.7. The fraction of sp³-hybridized carbons (Fsp3) is 0.500. The maximum Gasteiger partial charge on any atom is 1.00 e. The predicted molar refractivity (Wildman–Crippen MR) is 70.7 cm³/mol. The van der Waals surface area contributed by atoms with Gasteiger partial charge in [-0.3, -0.25) is 14.3 Å². The Balaban J connectivity index is 0.00000156. The Hall–Kier alpha value is -0.625. The third-order valence-corrected chi connectivity index (χ3v) is 3.83. The Morgan fingerprint density at radius 3 is 2.84 bits per heavy atom. The number of imidazole rings is 1. The van der Waals surface area contributed by atoms with Gasteiger partial charge in [-0.25, -0.2) is 4.98 Å². The monoisotopic (exact) mass is 364 g/mol. The first-order valence-electron chi connectivity index (χ1n) is 6.47. The number of phosphoric acid groups is 1. The van der Waals surface area contributed by atoms with Crippen LogP contribution in [0.3, 0.4) is 0 Å². The van der Waals surface area contributed by atoms with E-state index in [2.05, 4.69) is 19.5 Å². The Bertz CT molecular complexity index is 839. The molecule has 0 bridgehead atoms. The van der Waals surface area contributed by atoms with Crippen molar-refractivity contribution in [1.29, 1.82) is 0 Å². The number of nitrogens with one attached hydrogen (secondary N) is 1. The molecule has 0 aliphatic carbocycles. The summed E-state index contributed by atoms with van der Waals surface area (Å²) in [6.07, 6.45) is -1.50. The predicted octanol–water partition coefficient (Wildman–Crippen LogP) is -8.80. The number of nitrogen functional groups attached to an aromatic ring is 1. The van der Waals surface area contributed by atoms with Crippen molar-refractivity contribution in [3.05, 3.63) is 16.7 Å². The van der Waals surface area contributed by atoms with E-state index in [1.54, 1.807) is 0 Å².